The molecule has 0 atom stereocenters. The Kier molecular flexibility index (Phi) is 2.71. The van der Waals surface area contributed by atoms with Crippen LogP contribution in [0.15, 0.2) is 12.1 Å². The van der Waals surface area contributed by atoms with Gasteiger partial charge in [0.15, 0.2) is 5.82 Å². The molecule has 1 aliphatic rings. The van der Waals surface area contributed by atoms with Gasteiger partial charge in [0.2, 0.25) is 0 Å². The van der Waals surface area contributed by atoms with Crippen molar-refractivity contribution in [3.63, 3.8) is 0 Å². The fourth-order valence-electron chi connectivity index (χ4n) is 1.43. The van der Waals surface area contributed by atoms with Crippen LogP contribution >= 0.6 is 11.6 Å². The van der Waals surface area contributed by atoms with Crippen LogP contribution < -0.4 is 11.1 Å². The number of anilines is 2. The summed E-state index contributed by atoms with van der Waals surface area (Å²) in [6, 6.07) is 3.37. The molecule has 0 aliphatic heterocycles. The highest BCUT2D eigenvalue weighted by Crippen LogP contribution is 2.45. The van der Waals surface area contributed by atoms with Gasteiger partial charge in [-0.25, -0.2) is 4.98 Å². The molecular formula is C10H14ClN3O. The summed E-state index contributed by atoms with van der Waals surface area (Å²) in [7, 11) is 0. The zero-order chi connectivity index (χ0) is 10.9. The third-order valence-electron chi connectivity index (χ3n) is 2.82. The van der Waals surface area contributed by atoms with Crippen molar-refractivity contribution in [2.75, 3.05) is 24.2 Å². The van der Waals surface area contributed by atoms with Gasteiger partial charge in [-0.1, -0.05) is 11.6 Å². The summed E-state index contributed by atoms with van der Waals surface area (Å²) in [5.41, 5.74) is 6.35. The number of aliphatic hydroxyl groups excluding tert-OH is 1. The fourth-order valence-corrected chi connectivity index (χ4v) is 1.57. The molecule has 1 heterocycles. The lowest BCUT2D eigenvalue weighted by atomic mass is 10.1. The van der Waals surface area contributed by atoms with E-state index in [-0.39, 0.29) is 12.0 Å². The van der Waals surface area contributed by atoms with Gasteiger partial charge in [-0.3, -0.25) is 0 Å². The maximum atomic E-state index is 9.14. The summed E-state index contributed by atoms with van der Waals surface area (Å²) in [4.78, 5) is 4.09. The molecule has 82 valence electrons. The van der Waals surface area contributed by atoms with Crippen molar-refractivity contribution in [1.29, 1.82) is 0 Å². The summed E-state index contributed by atoms with van der Waals surface area (Å²) in [6.07, 6.45) is 2.11. The first-order valence-corrected chi connectivity index (χ1v) is 5.30. The minimum atomic E-state index is 0.0381. The number of hydrogen-bond donors (Lipinski definition) is 3. The lowest BCUT2D eigenvalue weighted by Gasteiger charge is -2.14. The smallest absolute Gasteiger partial charge is 0.150 e. The van der Waals surface area contributed by atoms with E-state index in [1.807, 2.05) is 0 Å². The van der Waals surface area contributed by atoms with Gasteiger partial charge in [0.1, 0.15) is 5.15 Å². The van der Waals surface area contributed by atoms with Crippen LogP contribution in [0, 0.1) is 5.41 Å². The highest BCUT2D eigenvalue weighted by atomic mass is 35.5. The largest absolute Gasteiger partial charge is 0.396 e. The molecule has 4 nitrogen and oxygen atoms in total. The molecule has 15 heavy (non-hydrogen) atoms. The van der Waals surface area contributed by atoms with Crippen molar-refractivity contribution in [2.24, 2.45) is 5.41 Å². The van der Waals surface area contributed by atoms with E-state index in [9.17, 15) is 0 Å². The number of aliphatic hydroxyl groups is 1. The second-order valence-electron chi connectivity index (χ2n) is 4.08. The molecule has 0 bridgehead atoms. The molecule has 5 heteroatoms. The first-order valence-electron chi connectivity index (χ1n) is 4.92. The number of nitrogens with zero attached hydrogens (tertiary/aromatic N) is 1. The molecule has 0 spiro atoms. The first-order chi connectivity index (χ1) is 7.15. The summed E-state index contributed by atoms with van der Waals surface area (Å²) < 4.78 is 0. The molecule has 1 saturated carbocycles. The van der Waals surface area contributed by atoms with Crippen LogP contribution in [0.3, 0.4) is 0 Å². The zero-order valence-electron chi connectivity index (χ0n) is 8.33. The predicted octanol–water partition coefficient (Wildman–Crippen LogP) is 1.50. The first kappa shape index (κ1) is 10.5. The lowest BCUT2D eigenvalue weighted by molar-refractivity contribution is 0.219. The van der Waals surface area contributed by atoms with Crippen molar-refractivity contribution < 1.29 is 5.11 Å². The summed E-state index contributed by atoms with van der Waals surface area (Å²) in [5, 5.41) is 12.7. The Bertz CT molecular complexity index is 366. The molecule has 1 aliphatic carbocycles. The standard InChI is InChI=1S/C10H14ClN3O/c11-8-2-1-7(12)9(14-8)13-5-10(6-15)3-4-10/h1-2,15H,3-6,12H2,(H,13,14). The molecular weight excluding hydrogens is 214 g/mol. The Morgan fingerprint density at radius 3 is 2.87 bits per heavy atom. The van der Waals surface area contributed by atoms with Crippen molar-refractivity contribution in [3.8, 4) is 0 Å². The topological polar surface area (TPSA) is 71.2 Å². The van der Waals surface area contributed by atoms with E-state index in [1.54, 1.807) is 12.1 Å². The number of halogens is 1. The second-order valence-corrected chi connectivity index (χ2v) is 4.47. The predicted molar refractivity (Wildman–Crippen MR) is 60.9 cm³/mol. The van der Waals surface area contributed by atoms with Gasteiger partial charge in [0.25, 0.3) is 0 Å². The van der Waals surface area contributed by atoms with Crippen LogP contribution in [-0.4, -0.2) is 23.2 Å². The number of pyridine rings is 1. The summed E-state index contributed by atoms with van der Waals surface area (Å²) in [6.45, 7) is 0.904. The fraction of sp³-hybridized carbons (Fsp3) is 0.500. The number of nitrogen functional groups attached to an aromatic ring is 1. The van der Waals surface area contributed by atoms with E-state index in [0.29, 0.717) is 23.2 Å². The van der Waals surface area contributed by atoms with Gasteiger partial charge in [-0.2, -0.15) is 0 Å². The molecule has 1 fully saturated rings. The minimum absolute atomic E-state index is 0.0381. The molecule has 0 saturated heterocycles. The number of aromatic nitrogens is 1. The van der Waals surface area contributed by atoms with E-state index in [0.717, 1.165) is 12.8 Å². The Morgan fingerprint density at radius 1 is 1.53 bits per heavy atom. The zero-order valence-corrected chi connectivity index (χ0v) is 9.09. The van der Waals surface area contributed by atoms with Crippen LogP contribution in [-0.2, 0) is 0 Å². The quantitative estimate of drug-likeness (QED) is 0.682. The molecule has 0 aromatic carbocycles. The van der Waals surface area contributed by atoms with E-state index in [4.69, 9.17) is 22.4 Å². The van der Waals surface area contributed by atoms with Crippen molar-refractivity contribution in [3.05, 3.63) is 17.3 Å². The van der Waals surface area contributed by atoms with E-state index in [2.05, 4.69) is 10.3 Å². The van der Waals surface area contributed by atoms with Crippen molar-refractivity contribution in [1.82, 2.24) is 4.98 Å². The third-order valence-corrected chi connectivity index (χ3v) is 3.03. The van der Waals surface area contributed by atoms with Crippen LogP contribution in [0.5, 0.6) is 0 Å². The molecule has 4 N–H and O–H groups in total. The highest BCUT2D eigenvalue weighted by Gasteiger charge is 2.41. The van der Waals surface area contributed by atoms with Gasteiger partial charge in [0, 0.05) is 12.0 Å². The Morgan fingerprint density at radius 2 is 2.27 bits per heavy atom. The van der Waals surface area contributed by atoms with Crippen molar-refractivity contribution >= 4 is 23.1 Å². The minimum Gasteiger partial charge on any atom is -0.396 e. The highest BCUT2D eigenvalue weighted by molar-refractivity contribution is 6.29. The van der Waals surface area contributed by atoms with Gasteiger partial charge in [-0.05, 0) is 25.0 Å². The molecule has 1 aromatic rings. The van der Waals surface area contributed by atoms with Crippen LogP contribution in [0.25, 0.3) is 0 Å². The Labute approximate surface area is 93.5 Å². The lowest BCUT2D eigenvalue weighted by Crippen LogP contribution is -2.20. The van der Waals surface area contributed by atoms with Crippen LogP contribution in [0.4, 0.5) is 11.5 Å². The molecule has 0 amide bonds. The third kappa shape index (κ3) is 2.33. The van der Waals surface area contributed by atoms with Crippen LogP contribution in [0.2, 0.25) is 5.15 Å². The second kappa shape index (κ2) is 3.87. The Balaban J connectivity index is 2.01. The maximum absolute atomic E-state index is 9.14. The Hall–Kier alpha value is -1.00. The molecule has 0 radical (unpaired) electrons. The number of nitrogens with two attached hydrogens (primary N) is 1. The normalized spacial score (nSPS) is 17.5. The van der Waals surface area contributed by atoms with Crippen LogP contribution in [0.1, 0.15) is 12.8 Å². The number of hydrogen-bond acceptors (Lipinski definition) is 4. The van der Waals surface area contributed by atoms with E-state index >= 15 is 0 Å². The van der Waals surface area contributed by atoms with Gasteiger partial charge >= 0.3 is 0 Å². The average molecular weight is 228 g/mol. The van der Waals surface area contributed by atoms with Gasteiger partial charge in [-0.15, -0.1) is 0 Å². The summed E-state index contributed by atoms with van der Waals surface area (Å²) >= 11 is 5.76. The molecule has 2 rings (SSSR count). The average Bonchev–Trinajstić information content (AvgIpc) is 3.00. The summed E-state index contributed by atoms with van der Waals surface area (Å²) in [5.74, 6) is 0.599. The van der Waals surface area contributed by atoms with E-state index in [1.165, 1.54) is 0 Å². The molecule has 1 aromatic heterocycles. The van der Waals surface area contributed by atoms with Gasteiger partial charge in [0.05, 0.1) is 12.3 Å². The van der Waals surface area contributed by atoms with Crippen molar-refractivity contribution in [2.45, 2.75) is 12.8 Å². The maximum Gasteiger partial charge on any atom is 0.150 e. The number of nitrogens with one attached hydrogen (secondary N) is 1. The van der Waals surface area contributed by atoms with E-state index < -0.39 is 0 Å². The SMILES string of the molecule is Nc1ccc(Cl)nc1NCC1(CO)CC1. The number of rotatable bonds is 4. The monoisotopic (exact) mass is 227 g/mol. The van der Waals surface area contributed by atoms with Gasteiger partial charge < -0.3 is 16.2 Å². The molecule has 0 unspecified atom stereocenters.